The van der Waals surface area contributed by atoms with Gasteiger partial charge < -0.3 is 18.9 Å². The van der Waals surface area contributed by atoms with Gasteiger partial charge in [0, 0.05) is 12.7 Å². The highest BCUT2D eigenvalue weighted by molar-refractivity contribution is 5.71. The molecule has 0 bridgehead atoms. The number of rotatable bonds is 9. The van der Waals surface area contributed by atoms with Gasteiger partial charge in [-0.3, -0.25) is 0 Å². The first kappa shape index (κ1) is 29.8. The molecule has 39 heavy (non-hydrogen) atoms. The fraction of sp³-hybridized carbons (Fsp3) is 0.382. The van der Waals surface area contributed by atoms with Gasteiger partial charge in [0.2, 0.25) is 0 Å². The molecule has 3 rings (SSSR count). The van der Waals surface area contributed by atoms with Crippen molar-refractivity contribution in [1.29, 1.82) is 0 Å². The van der Waals surface area contributed by atoms with Crippen LogP contribution in [0.15, 0.2) is 54.6 Å². The Kier molecular flexibility index (Phi) is 10.2. The fourth-order valence-electron chi connectivity index (χ4n) is 4.31. The lowest BCUT2D eigenvalue weighted by Gasteiger charge is -2.20. The van der Waals surface area contributed by atoms with Crippen LogP contribution in [0.25, 0.3) is 0 Å². The number of aryl methyl sites for hydroxylation is 2. The van der Waals surface area contributed by atoms with E-state index < -0.39 is 5.60 Å². The van der Waals surface area contributed by atoms with E-state index in [4.69, 9.17) is 18.9 Å². The number of hydrogen-bond acceptors (Lipinski definition) is 5. The molecule has 0 aliphatic rings. The fourth-order valence-corrected chi connectivity index (χ4v) is 4.31. The molecule has 5 nitrogen and oxygen atoms in total. The van der Waals surface area contributed by atoms with Crippen molar-refractivity contribution >= 4 is 5.97 Å². The number of hydrogen-bond donors (Lipinski definition) is 0. The second-order valence-electron chi connectivity index (χ2n) is 11.0. The van der Waals surface area contributed by atoms with Crippen molar-refractivity contribution in [3.05, 3.63) is 93.5 Å². The molecular weight excluding hydrogens is 488 g/mol. The van der Waals surface area contributed by atoms with Gasteiger partial charge in [0.05, 0.1) is 5.56 Å². The van der Waals surface area contributed by atoms with Gasteiger partial charge >= 0.3 is 5.97 Å². The quantitative estimate of drug-likeness (QED) is 0.168. The molecule has 0 saturated carbocycles. The number of methoxy groups -OCH3 is 1. The van der Waals surface area contributed by atoms with Crippen LogP contribution in [0.5, 0.6) is 11.5 Å². The van der Waals surface area contributed by atoms with Gasteiger partial charge in [0.25, 0.3) is 0 Å². The minimum absolute atomic E-state index is 0.125. The van der Waals surface area contributed by atoms with Crippen LogP contribution in [0.2, 0.25) is 0 Å². The zero-order valence-corrected chi connectivity index (χ0v) is 24.4. The molecule has 3 aromatic rings. The van der Waals surface area contributed by atoms with Gasteiger partial charge in [-0.25, -0.2) is 4.79 Å². The molecule has 0 unspecified atom stereocenters. The van der Waals surface area contributed by atoms with Crippen molar-refractivity contribution in [1.82, 2.24) is 0 Å². The zero-order chi connectivity index (χ0) is 28.6. The molecule has 0 radical (unpaired) electrons. The van der Waals surface area contributed by atoms with E-state index in [9.17, 15) is 4.79 Å². The third-order valence-electron chi connectivity index (χ3n) is 6.06. The largest absolute Gasteiger partial charge is 0.482 e. The van der Waals surface area contributed by atoms with Crippen LogP contribution in [-0.4, -0.2) is 32.1 Å². The number of carbonyl (C=O) groups is 1. The Labute approximate surface area is 233 Å². The first-order valence-corrected chi connectivity index (χ1v) is 13.3. The molecule has 0 spiro atoms. The molecule has 5 heteroatoms. The van der Waals surface area contributed by atoms with Gasteiger partial charge in [0.15, 0.2) is 13.4 Å². The molecule has 0 aliphatic heterocycles. The van der Waals surface area contributed by atoms with Crippen LogP contribution in [-0.2, 0) is 20.7 Å². The van der Waals surface area contributed by atoms with E-state index in [2.05, 4.69) is 51.7 Å². The summed E-state index contributed by atoms with van der Waals surface area (Å²) in [5.74, 6) is 7.89. The monoisotopic (exact) mass is 528 g/mol. The number of carbonyl (C=O) groups excluding carboxylic acids is 1. The lowest BCUT2D eigenvalue weighted by Crippen LogP contribution is -2.27. The Balaban J connectivity index is 1.93. The van der Waals surface area contributed by atoms with E-state index in [1.807, 2.05) is 63.2 Å². The smallest absolute Gasteiger partial charge is 0.344 e. The van der Waals surface area contributed by atoms with Gasteiger partial charge in [0.1, 0.15) is 17.1 Å². The van der Waals surface area contributed by atoms with Crippen LogP contribution in [0.4, 0.5) is 0 Å². The van der Waals surface area contributed by atoms with Crippen molar-refractivity contribution in [2.75, 3.05) is 20.5 Å². The molecule has 0 heterocycles. The Hall–Kier alpha value is -3.75. The van der Waals surface area contributed by atoms with Gasteiger partial charge in [-0.15, -0.1) is 0 Å². The maximum atomic E-state index is 12.1. The molecule has 3 aromatic carbocycles. The molecule has 0 atom stereocenters. The molecular formula is C34H40O5. The van der Waals surface area contributed by atoms with Gasteiger partial charge in [-0.2, -0.15) is 0 Å². The van der Waals surface area contributed by atoms with E-state index in [1.54, 1.807) is 7.11 Å². The molecule has 206 valence electrons. The Bertz CT molecular complexity index is 1310. The summed E-state index contributed by atoms with van der Waals surface area (Å²) >= 11 is 0. The molecule has 0 N–H and O–H groups in total. The van der Waals surface area contributed by atoms with Crippen molar-refractivity contribution in [3.63, 3.8) is 0 Å². The molecule has 0 saturated heterocycles. The molecule has 0 amide bonds. The van der Waals surface area contributed by atoms with Crippen molar-refractivity contribution in [2.24, 2.45) is 0 Å². The second kappa shape index (κ2) is 13.4. The maximum absolute atomic E-state index is 12.1. The van der Waals surface area contributed by atoms with Crippen LogP contribution in [0.1, 0.15) is 79.5 Å². The summed E-state index contributed by atoms with van der Waals surface area (Å²) in [6.07, 6.45) is 0.730. The highest BCUT2D eigenvalue weighted by Crippen LogP contribution is 2.34. The predicted molar refractivity (Wildman–Crippen MR) is 156 cm³/mol. The minimum Gasteiger partial charge on any atom is -0.482 e. The average molecular weight is 529 g/mol. The molecule has 0 aliphatic carbocycles. The van der Waals surface area contributed by atoms with Crippen LogP contribution < -0.4 is 9.47 Å². The van der Waals surface area contributed by atoms with Gasteiger partial charge in [-0.1, -0.05) is 50.0 Å². The molecule has 0 aromatic heterocycles. The molecule has 0 fully saturated rings. The summed E-state index contributed by atoms with van der Waals surface area (Å²) in [4.78, 5) is 12.1. The number of benzene rings is 3. The minimum atomic E-state index is -0.542. The summed E-state index contributed by atoms with van der Waals surface area (Å²) in [5, 5.41) is 0. The summed E-state index contributed by atoms with van der Waals surface area (Å²) < 4.78 is 22.4. The van der Waals surface area contributed by atoms with E-state index >= 15 is 0 Å². The summed E-state index contributed by atoms with van der Waals surface area (Å²) in [6.45, 7) is 14.0. The van der Waals surface area contributed by atoms with Gasteiger partial charge in [-0.05, 0) is 105 Å². The zero-order valence-electron chi connectivity index (χ0n) is 24.4. The normalized spacial score (nSPS) is 11.1. The summed E-state index contributed by atoms with van der Waals surface area (Å²) in [6, 6.07) is 18.2. The van der Waals surface area contributed by atoms with E-state index in [0.717, 1.165) is 45.6 Å². The van der Waals surface area contributed by atoms with Crippen LogP contribution in [0, 0.1) is 25.7 Å². The van der Waals surface area contributed by atoms with Crippen molar-refractivity contribution in [2.45, 2.75) is 66.4 Å². The summed E-state index contributed by atoms with van der Waals surface area (Å²) in [7, 11) is 1.62. The lowest BCUT2D eigenvalue weighted by atomic mass is 9.91. The topological polar surface area (TPSA) is 54.0 Å². The Morgan fingerprint density at radius 1 is 0.923 bits per heavy atom. The number of ether oxygens (including phenoxy) is 4. The van der Waals surface area contributed by atoms with Crippen molar-refractivity contribution in [3.8, 4) is 23.3 Å². The third-order valence-corrected chi connectivity index (χ3v) is 6.06. The van der Waals surface area contributed by atoms with Crippen LogP contribution >= 0.6 is 0 Å². The Morgan fingerprint density at radius 3 is 2.18 bits per heavy atom. The first-order chi connectivity index (χ1) is 18.5. The first-order valence-electron chi connectivity index (χ1n) is 13.3. The Morgan fingerprint density at radius 2 is 1.59 bits per heavy atom. The third kappa shape index (κ3) is 8.90. The van der Waals surface area contributed by atoms with E-state index in [0.29, 0.717) is 5.75 Å². The van der Waals surface area contributed by atoms with Crippen LogP contribution in [0.3, 0.4) is 0 Å². The lowest BCUT2D eigenvalue weighted by molar-refractivity contribution is -0.157. The highest BCUT2D eigenvalue weighted by Gasteiger charge is 2.18. The highest BCUT2D eigenvalue weighted by atomic mass is 16.7. The predicted octanol–water partition coefficient (Wildman–Crippen LogP) is 7.12. The second-order valence-corrected chi connectivity index (χ2v) is 11.0. The summed E-state index contributed by atoms with van der Waals surface area (Å²) in [5.41, 5.74) is 6.88. The SMILES string of the molecule is COCOc1c(C#Cc2ccccc2)cc(Cc2c(C)cc(OCC(=O)OC(C)(C)C)cc2C)cc1C(C)C. The van der Waals surface area contributed by atoms with E-state index in [-0.39, 0.29) is 25.3 Å². The maximum Gasteiger partial charge on any atom is 0.344 e. The average Bonchev–Trinajstić information content (AvgIpc) is 2.86. The number of esters is 1. The van der Waals surface area contributed by atoms with E-state index in [1.165, 1.54) is 5.56 Å². The standard InChI is InChI=1S/C34H40O5/c1-23(2)30-19-27(18-28(33(30)38-22-36-8)15-14-26-12-10-9-11-13-26)20-31-24(3)16-29(17-25(31)4)37-21-32(35)39-34(5,6)7/h9-13,16-19,23H,20-22H2,1-8H3. The van der Waals surface area contributed by atoms with Crippen molar-refractivity contribution < 1.29 is 23.7 Å².